The second-order valence-electron chi connectivity index (χ2n) is 5.12. The van der Waals surface area contributed by atoms with Gasteiger partial charge in [-0.3, -0.25) is 4.79 Å². The number of nitrogens with zero attached hydrogens (tertiary/aromatic N) is 1. The molecule has 0 bridgehead atoms. The highest BCUT2D eigenvalue weighted by molar-refractivity contribution is 6.65. The minimum absolute atomic E-state index is 0.0799. The van der Waals surface area contributed by atoms with Crippen LogP contribution in [0.25, 0.3) is 0 Å². The molecule has 0 saturated carbocycles. The quantitative estimate of drug-likeness (QED) is 0.784. The van der Waals surface area contributed by atoms with Gasteiger partial charge in [0.1, 0.15) is 23.1 Å². The number of carboxylic acids is 1. The molecular formula is C15H17ClN2O5. The first-order valence-electron chi connectivity index (χ1n) is 7.01. The van der Waals surface area contributed by atoms with Crippen molar-refractivity contribution in [1.82, 2.24) is 5.32 Å². The smallest absolute Gasteiger partial charge is 0.326 e. The Bertz CT molecular complexity index is 602. The standard InChI is InChI=1S/C15H17ClN2O5/c1-22-10-4-2-9(3-5-10)6-14(19)17-12(15(20)21)7-11-8-13(16)18-23-11/h2-5,11-12H,6-8H2,1H3,(H,17,19)(H,20,21)/t11?,12-/m0/s1. The third-order valence-corrected chi connectivity index (χ3v) is 3.58. The lowest BCUT2D eigenvalue weighted by atomic mass is 10.1. The van der Waals surface area contributed by atoms with Crippen LogP contribution >= 0.6 is 11.6 Å². The van der Waals surface area contributed by atoms with E-state index in [1.165, 1.54) is 0 Å². The number of aliphatic carboxylic acids is 1. The number of methoxy groups -OCH3 is 1. The number of carboxylic acid groups (broad SMARTS) is 1. The summed E-state index contributed by atoms with van der Waals surface area (Å²) in [5.41, 5.74) is 0.760. The Hall–Kier alpha value is -2.28. The van der Waals surface area contributed by atoms with Crippen LogP contribution in [-0.4, -0.2) is 41.4 Å². The largest absolute Gasteiger partial charge is 0.497 e. The van der Waals surface area contributed by atoms with Crippen molar-refractivity contribution in [2.75, 3.05) is 7.11 Å². The van der Waals surface area contributed by atoms with Gasteiger partial charge in [-0.15, -0.1) is 0 Å². The molecule has 1 aliphatic heterocycles. The maximum Gasteiger partial charge on any atom is 0.326 e. The SMILES string of the molecule is COc1ccc(CC(=O)N[C@@H](CC2CC(Cl)=NO2)C(=O)O)cc1. The van der Waals surface area contributed by atoms with E-state index in [1.807, 2.05) is 0 Å². The summed E-state index contributed by atoms with van der Waals surface area (Å²) < 4.78 is 5.04. The topological polar surface area (TPSA) is 97.2 Å². The van der Waals surface area contributed by atoms with Gasteiger partial charge in [-0.2, -0.15) is 0 Å². The van der Waals surface area contributed by atoms with Gasteiger partial charge in [0.05, 0.1) is 13.5 Å². The van der Waals surface area contributed by atoms with E-state index in [2.05, 4.69) is 10.5 Å². The number of carbonyl (C=O) groups excluding carboxylic acids is 1. The van der Waals surface area contributed by atoms with Crippen LogP contribution in [0.5, 0.6) is 5.75 Å². The Morgan fingerprint density at radius 2 is 2.17 bits per heavy atom. The zero-order valence-electron chi connectivity index (χ0n) is 12.5. The summed E-state index contributed by atoms with van der Waals surface area (Å²) in [5, 5.41) is 15.6. The number of benzene rings is 1. The molecule has 1 unspecified atom stereocenters. The molecule has 1 aromatic rings. The molecule has 2 rings (SSSR count). The normalized spacial score (nSPS) is 17.8. The van der Waals surface area contributed by atoms with Crippen molar-refractivity contribution in [1.29, 1.82) is 0 Å². The van der Waals surface area contributed by atoms with E-state index in [0.29, 0.717) is 17.3 Å². The Morgan fingerprint density at radius 1 is 1.48 bits per heavy atom. The van der Waals surface area contributed by atoms with Gasteiger partial charge in [-0.25, -0.2) is 4.79 Å². The van der Waals surface area contributed by atoms with Gasteiger partial charge in [0.25, 0.3) is 0 Å². The van der Waals surface area contributed by atoms with E-state index in [-0.39, 0.29) is 18.7 Å². The molecule has 0 spiro atoms. The lowest BCUT2D eigenvalue weighted by Crippen LogP contribution is -2.43. The number of hydrogen-bond acceptors (Lipinski definition) is 5. The molecule has 23 heavy (non-hydrogen) atoms. The molecule has 0 radical (unpaired) electrons. The van der Waals surface area contributed by atoms with Crippen LogP contribution in [0, 0.1) is 0 Å². The van der Waals surface area contributed by atoms with Gasteiger partial charge in [-0.1, -0.05) is 28.9 Å². The summed E-state index contributed by atoms with van der Waals surface area (Å²) in [7, 11) is 1.56. The molecular weight excluding hydrogens is 324 g/mol. The molecule has 0 aliphatic carbocycles. The third kappa shape index (κ3) is 5.14. The summed E-state index contributed by atoms with van der Waals surface area (Å²) in [4.78, 5) is 28.3. The first-order chi connectivity index (χ1) is 11.0. The number of halogens is 1. The van der Waals surface area contributed by atoms with Crippen LogP contribution < -0.4 is 10.1 Å². The van der Waals surface area contributed by atoms with Crippen LogP contribution in [0.3, 0.4) is 0 Å². The predicted octanol–water partition coefficient (Wildman–Crippen LogP) is 1.54. The molecule has 2 atom stereocenters. The van der Waals surface area contributed by atoms with Crippen molar-refractivity contribution >= 4 is 28.6 Å². The highest BCUT2D eigenvalue weighted by Crippen LogP contribution is 2.18. The Balaban J connectivity index is 1.88. The van der Waals surface area contributed by atoms with E-state index < -0.39 is 18.1 Å². The van der Waals surface area contributed by atoms with Crippen molar-refractivity contribution in [2.24, 2.45) is 5.16 Å². The van der Waals surface area contributed by atoms with Crippen LogP contribution in [0.4, 0.5) is 0 Å². The fourth-order valence-electron chi connectivity index (χ4n) is 2.18. The van der Waals surface area contributed by atoms with E-state index >= 15 is 0 Å². The first-order valence-corrected chi connectivity index (χ1v) is 7.39. The van der Waals surface area contributed by atoms with E-state index in [9.17, 15) is 14.7 Å². The third-order valence-electron chi connectivity index (χ3n) is 3.35. The summed E-state index contributed by atoms with van der Waals surface area (Å²) in [5.74, 6) is -0.819. The van der Waals surface area contributed by atoms with Gasteiger partial charge in [0.15, 0.2) is 0 Å². The Labute approximate surface area is 138 Å². The highest BCUT2D eigenvalue weighted by atomic mass is 35.5. The number of amides is 1. The van der Waals surface area contributed by atoms with E-state index in [4.69, 9.17) is 21.2 Å². The van der Waals surface area contributed by atoms with Gasteiger partial charge >= 0.3 is 5.97 Å². The minimum Gasteiger partial charge on any atom is -0.497 e. The monoisotopic (exact) mass is 340 g/mol. The van der Waals surface area contributed by atoms with Gasteiger partial charge in [0.2, 0.25) is 5.91 Å². The lowest BCUT2D eigenvalue weighted by molar-refractivity contribution is -0.142. The molecule has 1 amide bonds. The fourth-order valence-corrected chi connectivity index (χ4v) is 2.39. The summed E-state index contributed by atoms with van der Waals surface area (Å²) in [6.07, 6.45) is 0.0875. The molecule has 2 N–H and O–H groups in total. The lowest BCUT2D eigenvalue weighted by Gasteiger charge is -2.17. The highest BCUT2D eigenvalue weighted by Gasteiger charge is 2.28. The number of nitrogens with one attached hydrogen (secondary N) is 1. The van der Waals surface area contributed by atoms with E-state index in [1.54, 1.807) is 31.4 Å². The van der Waals surface area contributed by atoms with Gasteiger partial charge < -0.3 is 20.0 Å². The maximum atomic E-state index is 12.0. The fraction of sp³-hybridized carbons (Fsp3) is 0.400. The summed E-state index contributed by atoms with van der Waals surface area (Å²) >= 11 is 5.69. The van der Waals surface area contributed by atoms with Crippen molar-refractivity contribution < 1.29 is 24.3 Å². The summed E-state index contributed by atoms with van der Waals surface area (Å²) in [6, 6.07) is 5.93. The number of carbonyl (C=O) groups is 2. The number of oxime groups is 1. The van der Waals surface area contributed by atoms with Crippen LogP contribution in [0.15, 0.2) is 29.4 Å². The number of hydrogen-bond donors (Lipinski definition) is 2. The van der Waals surface area contributed by atoms with Crippen LogP contribution in [-0.2, 0) is 20.8 Å². The van der Waals surface area contributed by atoms with E-state index in [0.717, 1.165) is 5.56 Å². The molecule has 1 heterocycles. The molecule has 0 saturated heterocycles. The number of rotatable bonds is 7. The second-order valence-corrected chi connectivity index (χ2v) is 5.55. The maximum absolute atomic E-state index is 12.0. The molecule has 0 aromatic heterocycles. The molecule has 7 nitrogen and oxygen atoms in total. The minimum atomic E-state index is -1.13. The van der Waals surface area contributed by atoms with Crippen LogP contribution in [0.2, 0.25) is 0 Å². The molecule has 1 aliphatic rings. The summed E-state index contributed by atoms with van der Waals surface area (Å²) in [6.45, 7) is 0. The Morgan fingerprint density at radius 3 is 2.70 bits per heavy atom. The average Bonchev–Trinajstić information content (AvgIpc) is 2.92. The zero-order chi connectivity index (χ0) is 16.8. The molecule has 124 valence electrons. The van der Waals surface area contributed by atoms with Gasteiger partial charge in [-0.05, 0) is 17.7 Å². The predicted molar refractivity (Wildman–Crippen MR) is 83.7 cm³/mol. The van der Waals surface area contributed by atoms with Crippen molar-refractivity contribution in [3.8, 4) is 5.75 Å². The number of ether oxygens (including phenoxy) is 1. The van der Waals surface area contributed by atoms with Crippen molar-refractivity contribution in [2.45, 2.75) is 31.4 Å². The molecule has 0 fully saturated rings. The van der Waals surface area contributed by atoms with Crippen molar-refractivity contribution in [3.05, 3.63) is 29.8 Å². The second kappa shape index (κ2) is 7.82. The molecule has 8 heteroatoms. The average molecular weight is 341 g/mol. The molecule has 1 aromatic carbocycles. The van der Waals surface area contributed by atoms with Gasteiger partial charge in [0, 0.05) is 12.8 Å². The van der Waals surface area contributed by atoms with Crippen molar-refractivity contribution in [3.63, 3.8) is 0 Å². The van der Waals surface area contributed by atoms with Crippen LogP contribution in [0.1, 0.15) is 18.4 Å². The zero-order valence-corrected chi connectivity index (χ0v) is 13.2. The first kappa shape index (κ1) is 17.1. The Kier molecular flexibility index (Phi) is 5.81.